The third-order valence-corrected chi connectivity index (χ3v) is 3.60. The van der Waals surface area contributed by atoms with Crippen molar-refractivity contribution in [2.75, 3.05) is 13.7 Å². The first-order valence-corrected chi connectivity index (χ1v) is 6.56. The molecule has 1 unspecified atom stereocenters. The molecular weight excluding hydrogens is 236 g/mol. The third kappa shape index (κ3) is 4.30. The van der Waals surface area contributed by atoms with Gasteiger partial charge in [-0.15, -0.1) is 11.8 Å². The van der Waals surface area contributed by atoms with Gasteiger partial charge in [-0.1, -0.05) is 6.92 Å². The van der Waals surface area contributed by atoms with Crippen LogP contribution in [0.3, 0.4) is 0 Å². The minimum Gasteiger partial charge on any atom is -0.494 e. The molecule has 17 heavy (non-hydrogen) atoms. The summed E-state index contributed by atoms with van der Waals surface area (Å²) in [6, 6.07) is 7.74. The highest BCUT2D eigenvalue weighted by molar-refractivity contribution is 8.00. The largest absolute Gasteiger partial charge is 0.494 e. The summed E-state index contributed by atoms with van der Waals surface area (Å²) in [5.41, 5.74) is 0. The molecule has 0 N–H and O–H groups in total. The molecule has 1 rings (SSSR count). The summed E-state index contributed by atoms with van der Waals surface area (Å²) >= 11 is 1.52. The van der Waals surface area contributed by atoms with E-state index < -0.39 is 0 Å². The van der Waals surface area contributed by atoms with Gasteiger partial charge in [-0.3, -0.25) is 4.79 Å². The van der Waals surface area contributed by atoms with Gasteiger partial charge in [0.1, 0.15) is 11.0 Å². The zero-order valence-electron chi connectivity index (χ0n) is 10.4. The van der Waals surface area contributed by atoms with Gasteiger partial charge in [0, 0.05) is 4.90 Å². The lowest BCUT2D eigenvalue weighted by Crippen LogP contribution is -2.17. The van der Waals surface area contributed by atoms with E-state index in [4.69, 9.17) is 9.47 Å². The predicted octanol–water partition coefficient (Wildman–Crippen LogP) is 3.13. The molecule has 3 nitrogen and oxygen atoms in total. The Morgan fingerprint density at radius 1 is 1.29 bits per heavy atom. The van der Waals surface area contributed by atoms with E-state index >= 15 is 0 Å². The second-order valence-corrected chi connectivity index (χ2v) is 4.72. The van der Waals surface area contributed by atoms with E-state index in [1.54, 1.807) is 0 Å². The van der Waals surface area contributed by atoms with Gasteiger partial charge >= 0.3 is 5.97 Å². The van der Waals surface area contributed by atoms with E-state index in [1.807, 2.05) is 38.1 Å². The number of carbonyl (C=O) groups excluding carboxylic acids is 1. The molecule has 0 heterocycles. The first-order valence-electron chi connectivity index (χ1n) is 5.68. The van der Waals surface area contributed by atoms with Crippen molar-refractivity contribution in [3.63, 3.8) is 0 Å². The summed E-state index contributed by atoms with van der Waals surface area (Å²) in [7, 11) is 1.42. The standard InChI is InChI=1S/C13H18O3S/c1-4-12(13(14)15-3)17-11-8-6-10(7-9-11)16-5-2/h6-9,12H,4-5H2,1-3H3. The summed E-state index contributed by atoms with van der Waals surface area (Å²) in [4.78, 5) is 12.5. The number of ether oxygens (including phenoxy) is 2. The molecule has 4 heteroatoms. The Labute approximate surface area is 106 Å². The molecule has 0 radical (unpaired) electrons. The van der Waals surface area contributed by atoms with Crippen LogP contribution in [0.4, 0.5) is 0 Å². The van der Waals surface area contributed by atoms with Crippen LogP contribution in [0.2, 0.25) is 0 Å². The number of hydrogen-bond donors (Lipinski definition) is 0. The number of thioether (sulfide) groups is 1. The lowest BCUT2D eigenvalue weighted by atomic mass is 10.3. The number of rotatable bonds is 6. The van der Waals surface area contributed by atoms with Crippen molar-refractivity contribution in [2.24, 2.45) is 0 Å². The zero-order chi connectivity index (χ0) is 12.7. The summed E-state index contributed by atoms with van der Waals surface area (Å²) in [6.07, 6.45) is 0.755. The van der Waals surface area contributed by atoms with Crippen LogP contribution in [0.15, 0.2) is 29.2 Å². The van der Waals surface area contributed by atoms with Crippen molar-refractivity contribution in [3.05, 3.63) is 24.3 Å². The molecule has 0 spiro atoms. The van der Waals surface area contributed by atoms with Gasteiger partial charge in [-0.25, -0.2) is 0 Å². The highest BCUT2D eigenvalue weighted by Gasteiger charge is 2.18. The Kier molecular flexibility index (Phi) is 5.91. The number of esters is 1. The zero-order valence-corrected chi connectivity index (χ0v) is 11.3. The number of carbonyl (C=O) groups is 1. The highest BCUT2D eigenvalue weighted by atomic mass is 32.2. The first kappa shape index (κ1) is 13.9. The molecule has 0 aliphatic carbocycles. The maximum atomic E-state index is 11.4. The van der Waals surface area contributed by atoms with Gasteiger partial charge in [0.15, 0.2) is 0 Å². The number of benzene rings is 1. The van der Waals surface area contributed by atoms with Crippen LogP contribution in [0.25, 0.3) is 0 Å². The van der Waals surface area contributed by atoms with Crippen molar-refractivity contribution in [2.45, 2.75) is 30.4 Å². The summed E-state index contributed by atoms with van der Waals surface area (Å²) in [6.45, 7) is 4.59. The average molecular weight is 254 g/mol. The molecule has 0 fully saturated rings. The fourth-order valence-corrected chi connectivity index (χ4v) is 2.36. The summed E-state index contributed by atoms with van der Waals surface area (Å²) < 4.78 is 10.1. The van der Waals surface area contributed by atoms with Crippen LogP contribution in [0.5, 0.6) is 5.75 Å². The monoisotopic (exact) mass is 254 g/mol. The van der Waals surface area contributed by atoms with Crippen LogP contribution < -0.4 is 4.74 Å². The maximum Gasteiger partial charge on any atom is 0.319 e. The Hall–Kier alpha value is -1.16. The number of methoxy groups -OCH3 is 1. The summed E-state index contributed by atoms with van der Waals surface area (Å²) in [5, 5.41) is -0.141. The van der Waals surface area contributed by atoms with Gasteiger partial charge in [0.05, 0.1) is 13.7 Å². The molecule has 1 aromatic rings. The SMILES string of the molecule is CCOc1ccc(SC(CC)C(=O)OC)cc1. The van der Waals surface area contributed by atoms with E-state index in [2.05, 4.69) is 0 Å². The highest BCUT2D eigenvalue weighted by Crippen LogP contribution is 2.27. The van der Waals surface area contributed by atoms with Crippen molar-refractivity contribution in [1.82, 2.24) is 0 Å². The second kappa shape index (κ2) is 7.22. The van der Waals surface area contributed by atoms with E-state index in [9.17, 15) is 4.79 Å². The quantitative estimate of drug-likeness (QED) is 0.577. The van der Waals surface area contributed by atoms with E-state index in [-0.39, 0.29) is 11.2 Å². The predicted molar refractivity (Wildman–Crippen MR) is 69.6 cm³/mol. The average Bonchev–Trinajstić information content (AvgIpc) is 2.37. The molecule has 0 aromatic heterocycles. The first-order chi connectivity index (χ1) is 8.21. The molecule has 0 amide bonds. The fraction of sp³-hybridized carbons (Fsp3) is 0.462. The van der Waals surface area contributed by atoms with Crippen molar-refractivity contribution in [3.8, 4) is 5.75 Å². The Balaban J connectivity index is 2.64. The lowest BCUT2D eigenvalue weighted by molar-refractivity contribution is -0.140. The van der Waals surface area contributed by atoms with Crippen LogP contribution in [-0.2, 0) is 9.53 Å². The molecule has 0 saturated heterocycles. The van der Waals surface area contributed by atoms with Crippen molar-refractivity contribution >= 4 is 17.7 Å². The topological polar surface area (TPSA) is 35.5 Å². The van der Waals surface area contributed by atoms with Crippen molar-refractivity contribution in [1.29, 1.82) is 0 Å². The van der Waals surface area contributed by atoms with Gasteiger partial charge in [-0.05, 0) is 37.6 Å². The lowest BCUT2D eigenvalue weighted by Gasteiger charge is -2.12. The van der Waals surface area contributed by atoms with Gasteiger partial charge in [-0.2, -0.15) is 0 Å². The fourth-order valence-electron chi connectivity index (χ4n) is 1.37. The summed E-state index contributed by atoms with van der Waals surface area (Å²) in [5.74, 6) is 0.675. The molecule has 0 bridgehead atoms. The molecule has 1 aromatic carbocycles. The van der Waals surface area contributed by atoms with Crippen LogP contribution in [0, 0.1) is 0 Å². The van der Waals surface area contributed by atoms with Gasteiger partial charge in [0.25, 0.3) is 0 Å². The van der Waals surface area contributed by atoms with Crippen LogP contribution >= 0.6 is 11.8 Å². The van der Waals surface area contributed by atoms with E-state index in [1.165, 1.54) is 18.9 Å². The minimum atomic E-state index is -0.175. The Morgan fingerprint density at radius 2 is 1.94 bits per heavy atom. The maximum absolute atomic E-state index is 11.4. The molecule has 0 aliphatic rings. The van der Waals surface area contributed by atoms with Crippen molar-refractivity contribution < 1.29 is 14.3 Å². The van der Waals surface area contributed by atoms with Gasteiger partial charge in [0.2, 0.25) is 0 Å². The van der Waals surface area contributed by atoms with Crippen LogP contribution in [-0.4, -0.2) is 24.9 Å². The molecule has 0 saturated carbocycles. The van der Waals surface area contributed by atoms with E-state index in [0.29, 0.717) is 6.61 Å². The third-order valence-electron chi connectivity index (χ3n) is 2.25. The molecule has 94 valence electrons. The molecule has 0 aliphatic heterocycles. The second-order valence-electron chi connectivity index (χ2n) is 3.44. The Bertz CT molecular complexity index is 348. The minimum absolute atomic E-state index is 0.141. The molecule has 1 atom stereocenters. The van der Waals surface area contributed by atoms with E-state index in [0.717, 1.165) is 17.1 Å². The van der Waals surface area contributed by atoms with Crippen LogP contribution in [0.1, 0.15) is 20.3 Å². The smallest absolute Gasteiger partial charge is 0.319 e. The molecular formula is C13H18O3S. The number of hydrogen-bond acceptors (Lipinski definition) is 4. The normalized spacial score (nSPS) is 11.9. The van der Waals surface area contributed by atoms with Gasteiger partial charge < -0.3 is 9.47 Å². The Morgan fingerprint density at radius 3 is 2.41 bits per heavy atom.